The standard InChI is InChI=1S/C15H21NO2S/c17-15(16-18-13-7-4-5-8-13)11-6-12-19-14-9-2-1-3-10-14/h1-3,9-10,13H,4-8,11-12H2,(H,16,17). The number of hydrogen-bond donors (Lipinski definition) is 1. The Bertz CT molecular complexity index is 377. The molecule has 0 radical (unpaired) electrons. The van der Waals surface area contributed by atoms with E-state index in [1.54, 1.807) is 11.8 Å². The topological polar surface area (TPSA) is 38.3 Å². The van der Waals surface area contributed by atoms with E-state index in [0.717, 1.165) is 25.0 Å². The molecule has 0 aromatic heterocycles. The zero-order chi connectivity index (χ0) is 13.3. The zero-order valence-electron chi connectivity index (χ0n) is 11.1. The van der Waals surface area contributed by atoms with E-state index >= 15 is 0 Å². The quantitative estimate of drug-likeness (QED) is 0.471. The van der Waals surface area contributed by atoms with Gasteiger partial charge in [0.2, 0.25) is 5.91 Å². The van der Waals surface area contributed by atoms with Crippen molar-refractivity contribution in [3.05, 3.63) is 30.3 Å². The minimum absolute atomic E-state index is 0.000520. The molecule has 0 saturated heterocycles. The third kappa shape index (κ3) is 5.66. The molecular formula is C15H21NO2S. The van der Waals surface area contributed by atoms with Crippen LogP contribution in [0.1, 0.15) is 38.5 Å². The Morgan fingerprint density at radius 1 is 1.26 bits per heavy atom. The van der Waals surface area contributed by atoms with E-state index in [1.807, 2.05) is 18.2 Å². The van der Waals surface area contributed by atoms with Gasteiger partial charge in [0, 0.05) is 11.3 Å². The van der Waals surface area contributed by atoms with E-state index < -0.39 is 0 Å². The molecule has 0 spiro atoms. The Labute approximate surface area is 119 Å². The van der Waals surface area contributed by atoms with Crippen LogP contribution in [0.4, 0.5) is 0 Å². The van der Waals surface area contributed by atoms with Gasteiger partial charge in [-0.05, 0) is 37.1 Å². The van der Waals surface area contributed by atoms with Crippen LogP contribution in [0.25, 0.3) is 0 Å². The molecule has 1 amide bonds. The van der Waals surface area contributed by atoms with Crippen LogP contribution < -0.4 is 5.48 Å². The van der Waals surface area contributed by atoms with Crippen molar-refractivity contribution in [2.75, 3.05) is 5.75 Å². The Morgan fingerprint density at radius 2 is 2.00 bits per heavy atom. The maximum atomic E-state index is 11.6. The maximum Gasteiger partial charge on any atom is 0.243 e. The van der Waals surface area contributed by atoms with Gasteiger partial charge in [0.25, 0.3) is 0 Å². The van der Waals surface area contributed by atoms with E-state index in [9.17, 15) is 4.79 Å². The number of hydrogen-bond acceptors (Lipinski definition) is 3. The molecule has 104 valence electrons. The highest BCUT2D eigenvalue weighted by Crippen LogP contribution is 2.20. The fourth-order valence-electron chi connectivity index (χ4n) is 2.15. The van der Waals surface area contributed by atoms with Crippen LogP contribution in [-0.2, 0) is 9.63 Å². The van der Waals surface area contributed by atoms with Crippen LogP contribution in [-0.4, -0.2) is 17.8 Å². The van der Waals surface area contributed by atoms with Crippen LogP contribution in [0.15, 0.2) is 35.2 Å². The van der Waals surface area contributed by atoms with Gasteiger partial charge in [-0.2, -0.15) is 0 Å². The number of hydroxylamine groups is 1. The van der Waals surface area contributed by atoms with E-state index in [1.165, 1.54) is 17.7 Å². The predicted octanol–water partition coefficient (Wildman–Crippen LogP) is 3.55. The second-order valence-corrected chi connectivity index (χ2v) is 5.98. The Morgan fingerprint density at radius 3 is 2.74 bits per heavy atom. The highest BCUT2D eigenvalue weighted by molar-refractivity contribution is 7.99. The Kier molecular flexibility index (Phi) is 6.24. The third-order valence-corrected chi connectivity index (χ3v) is 4.30. The minimum atomic E-state index is 0.000520. The molecule has 0 heterocycles. The summed E-state index contributed by atoms with van der Waals surface area (Å²) >= 11 is 1.78. The van der Waals surface area contributed by atoms with Crippen molar-refractivity contribution in [2.24, 2.45) is 0 Å². The molecule has 19 heavy (non-hydrogen) atoms. The summed E-state index contributed by atoms with van der Waals surface area (Å²) in [5, 5.41) is 0. The van der Waals surface area contributed by atoms with Crippen molar-refractivity contribution >= 4 is 17.7 Å². The summed E-state index contributed by atoms with van der Waals surface area (Å²) in [6.07, 6.45) is 6.23. The molecule has 0 bridgehead atoms. The Hall–Kier alpha value is -1.00. The second-order valence-electron chi connectivity index (χ2n) is 4.81. The molecule has 3 nitrogen and oxygen atoms in total. The lowest BCUT2D eigenvalue weighted by Gasteiger charge is -2.11. The molecule has 1 aliphatic carbocycles. The van der Waals surface area contributed by atoms with Gasteiger partial charge in [-0.1, -0.05) is 31.0 Å². The summed E-state index contributed by atoms with van der Waals surface area (Å²) in [5.74, 6) is 0.960. The summed E-state index contributed by atoms with van der Waals surface area (Å²) in [6, 6.07) is 10.3. The number of nitrogens with one attached hydrogen (secondary N) is 1. The summed E-state index contributed by atoms with van der Waals surface area (Å²) in [7, 11) is 0. The number of carbonyl (C=O) groups is 1. The van der Waals surface area contributed by atoms with E-state index in [-0.39, 0.29) is 12.0 Å². The largest absolute Gasteiger partial charge is 0.273 e. The van der Waals surface area contributed by atoms with Crippen LogP contribution in [0.5, 0.6) is 0 Å². The molecule has 1 fully saturated rings. The number of rotatable bonds is 7. The van der Waals surface area contributed by atoms with Crippen molar-refractivity contribution in [3.63, 3.8) is 0 Å². The zero-order valence-corrected chi connectivity index (χ0v) is 12.0. The fourth-order valence-corrected chi connectivity index (χ4v) is 3.02. The first-order valence-electron chi connectivity index (χ1n) is 6.97. The summed E-state index contributed by atoms with van der Waals surface area (Å²) in [5.41, 5.74) is 2.58. The molecule has 0 unspecified atom stereocenters. The van der Waals surface area contributed by atoms with Crippen molar-refractivity contribution in [3.8, 4) is 0 Å². The predicted molar refractivity (Wildman–Crippen MR) is 77.9 cm³/mol. The number of benzene rings is 1. The number of thioether (sulfide) groups is 1. The summed E-state index contributed by atoms with van der Waals surface area (Å²) in [6.45, 7) is 0. The van der Waals surface area contributed by atoms with Crippen molar-refractivity contribution in [2.45, 2.75) is 49.5 Å². The molecule has 1 aromatic rings. The van der Waals surface area contributed by atoms with Crippen LogP contribution in [0, 0.1) is 0 Å². The molecule has 2 rings (SSSR count). The van der Waals surface area contributed by atoms with Crippen LogP contribution >= 0.6 is 11.8 Å². The first-order chi connectivity index (χ1) is 9.34. The summed E-state index contributed by atoms with van der Waals surface area (Å²) < 4.78 is 0. The first-order valence-corrected chi connectivity index (χ1v) is 7.95. The van der Waals surface area contributed by atoms with Gasteiger partial charge in [-0.25, -0.2) is 5.48 Å². The highest BCUT2D eigenvalue weighted by atomic mass is 32.2. The normalized spacial score (nSPS) is 15.6. The summed E-state index contributed by atoms with van der Waals surface area (Å²) in [4.78, 5) is 18.2. The van der Waals surface area contributed by atoms with E-state index in [0.29, 0.717) is 6.42 Å². The van der Waals surface area contributed by atoms with Gasteiger partial charge in [0.05, 0.1) is 6.10 Å². The van der Waals surface area contributed by atoms with Crippen molar-refractivity contribution in [1.29, 1.82) is 0 Å². The molecular weight excluding hydrogens is 258 g/mol. The molecule has 0 atom stereocenters. The number of amides is 1. The van der Waals surface area contributed by atoms with Crippen molar-refractivity contribution in [1.82, 2.24) is 5.48 Å². The maximum absolute atomic E-state index is 11.6. The monoisotopic (exact) mass is 279 g/mol. The lowest BCUT2D eigenvalue weighted by atomic mass is 10.3. The molecule has 1 aliphatic rings. The smallest absolute Gasteiger partial charge is 0.243 e. The SMILES string of the molecule is O=C(CCCSc1ccccc1)NOC1CCCC1. The Balaban J connectivity index is 1.51. The van der Waals surface area contributed by atoms with E-state index in [4.69, 9.17) is 4.84 Å². The lowest BCUT2D eigenvalue weighted by Crippen LogP contribution is -2.28. The minimum Gasteiger partial charge on any atom is -0.273 e. The lowest BCUT2D eigenvalue weighted by molar-refractivity contribution is -0.138. The average Bonchev–Trinajstić information content (AvgIpc) is 2.96. The van der Waals surface area contributed by atoms with Gasteiger partial charge in [0.1, 0.15) is 0 Å². The van der Waals surface area contributed by atoms with Crippen LogP contribution in [0.3, 0.4) is 0 Å². The van der Waals surface area contributed by atoms with Crippen LogP contribution in [0.2, 0.25) is 0 Å². The molecule has 1 N–H and O–H groups in total. The van der Waals surface area contributed by atoms with Gasteiger partial charge in [-0.15, -0.1) is 11.8 Å². The molecule has 1 saturated carbocycles. The van der Waals surface area contributed by atoms with Gasteiger partial charge in [-0.3, -0.25) is 9.63 Å². The number of carbonyl (C=O) groups excluding carboxylic acids is 1. The second kappa shape index (κ2) is 8.23. The average molecular weight is 279 g/mol. The molecule has 0 aliphatic heterocycles. The van der Waals surface area contributed by atoms with Gasteiger partial charge >= 0.3 is 0 Å². The molecule has 1 aromatic carbocycles. The third-order valence-electron chi connectivity index (χ3n) is 3.20. The molecule has 4 heteroatoms. The fraction of sp³-hybridized carbons (Fsp3) is 0.533. The van der Waals surface area contributed by atoms with E-state index in [2.05, 4.69) is 17.6 Å². The van der Waals surface area contributed by atoms with Gasteiger partial charge in [0.15, 0.2) is 0 Å². The highest BCUT2D eigenvalue weighted by Gasteiger charge is 2.16. The van der Waals surface area contributed by atoms with Gasteiger partial charge < -0.3 is 0 Å². The van der Waals surface area contributed by atoms with Crippen molar-refractivity contribution < 1.29 is 9.63 Å². The first kappa shape index (κ1) is 14.4.